The van der Waals surface area contributed by atoms with E-state index in [2.05, 4.69) is 21.9 Å². The number of rotatable bonds is 2. The smallest absolute Gasteiger partial charge is 0.267 e. The summed E-state index contributed by atoms with van der Waals surface area (Å²) < 4.78 is 0. The van der Waals surface area contributed by atoms with Gasteiger partial charge in [-0.25, -0.2) is 0 Å². The van der Waals surface area contributed by atoms with Crippen LogP contribution in [0, 0.1) is 13.8 Å². The van der Waals surface area contributed by atoms with Crippen LogP contribution in [0.15, 0.2) is 23.3 Å². The number of nitrogens with one attached hydrogen (secondary N) is 2. The molecule has 0 aromatic heterocycles. The van der Waals surface area contributed by atoms with Crippen LogP contribution in [0.1, 0.15) is 24.0 Å². The van der Waals surface area contributed by atoms with Gasteiger partial charge < -0.3 is 5.32 Å². The highest BCUT2D eigenvalue weighted by molar-refractivity contribution is 6.39. The number of aryl methyl sites for hydroxylation is 2. The molecule has 1 saturated heterocycles. The second kappa shape index (κ2) is 4.99. The summed E-state index contributed by atoms with van der Waals surface area (Å²) in [6.45, 7) is 4.80. The summed E-state index contributed by atoms with van der Waals surface area (Å²) in [6.07, 6.45) is 1.70. The summed E-state index contributed by atoms with van der Waals surface area (Å²) in [5.41, 5.74) is 6.81. The average Bonchev–Trinajstić information content (AvgIpc) is 2.32. The van der Waals surface area contributed by atoms with E-state index in [1.165, 1.54) is 5.56 Å². The van der Waals surface area contributed by atoms with Gasteiger partial charge in [0, 0.05) is 6.54 Å². The maximum Gasteiger partial charge on any atom is 0.267 e. The number of carbonyl (C=O) groups is 1. The van der Waals surface area contributed by atoms with Crippen molar-refractivity contribution in [2.75, 3.05) is 12.0 Å². The van der Waals surface area contributed by atoms with Crippen molar-refractivity contribution in [3.63, 3.8) is 0 Å². The van der Waals surface area contributed by atoms with Gasteiger partial charge in [-0.3, -0.25) is 10.2 Å². The van der Waals surface area contributed by atoms with Crippen molar-refractivity contribution < 1.29 is 4.79 Å². The molecule has 0 unspecified atom stereocenters. The van der Waals surface area contributed by atoms with E-state index < -0.39 is 0 Å². The van der Waals surface area contributed by atoms with Gasteiger partial charge in [-0.1, -0.05) is 12.1 Å². The molecule has 0 spiro atoms. The molecule has 1 heterocycles. The van der Waals surface area contributed by atoms with Gasteiger partial charge >= 0.3 is 0 Å². The molecule has 1 fully saturated rings. The first-order chi connectivity index (χ1) is 8.16. The summed E-state index contributed by atoms with van der Waals surface area (Å²) in [5, 5.41) is 6.98. The lowest BCUT2D eigenvalue weighted by molar-refractivity contribution is -0.115. The van der Waals surface area contributed by atoms with E-state index in [-0.39, 0.29) is 5.91 Å². The highest BCUT2D eigenvalue weighted by Gasteiger charge is 2.15. The zero-order valence-electron chi connectivity index (χ0n) is 10.2. The summed E-state index contributed by atoms with van der Waals surface area (Å²) in [5.74, 6) is -0.0611. The van der Waals surface area contributed by atoms with Crippen LogP contribution in [0.25, 0.3) is 0 Å². The molecule has 90 valence electrons. The fourth-order valence-electron chi connectivity index (χ4n) is 1.76. The molecule has 1 amide bonds. The zero-order chi connectivity index (χ0) is 12.3. The van der Waals surface area contributed by atoms with Gasteiger partial charge in [-0.15, -0.1) is 0 Å². The molecule has 1 aliphatic rings. The van der Waals surface area contributed by atoms with Gasteiger partial charge in [0.2, 0.25) is 0 Å². The molecule has 1 aromatic carbocycles. The molecule has 0 radical (unpaired) electrons. The SMILES string of the molecule is Cc1ccc(C)c(N/N=C2/CCCNC2=O)c1. The molecule has 0 saturated carbocycles. The predicted octanol–water partition coefficient (Wildman–Crippen LogP) is 1.98. The quantitative estimate of drug-likeness (QED) is 0.765. The Labute approximate surface area is 101 Å². The third-order valence-corrected chi connectivity index (χ3v) is 2.84. The summed E-state index contributed by atoms with van der Waals surface area (Å²) in [4.78, 5) is 11.5. The average molecular weight is 231 g/mol. The van der Waals surface area contributed by atoms with Crippen molar-refractivity contribution in [1.29, 1.82) is 0 Å². The Kier molecular flexibility index (Phi) is 3.42. The number of benzene rings is 1. The van der Waals surface area contributed by atoms with Crippen molar-refractivity contribution in [3.8, 4) is 0 Å². The molecular weight excluding hydrogens is 214 g/mol. The lowest BCUT2D eigenvalue weighted by Gasteiger charge is -2.14. The lowest BCUT2D eigenvalue weighted by atomic mass is 10.1. The number of piperidine rings is 1. The third-order valence-electron chi connectivity index (χ3n) is 2.84. The van der Waals surface area contributed by atoms with Crippen LogP contribution >= 0.6 is 0 Å². The summed E-state index contributed by atoms with van der Waals surface area (Å²) >= 11 is 0. The van der Waals surface area contributed by atoms with Crippen LogP contribution in [0.5, 0.6) is 0 Å². The van der Waals surface area contributed by atoms with Crippen molar-refractivity contribution >= 4 is 17.3 Å². The van der Waals surface area contributed by atoms with Crippen LogP contribution in [0.3, 0.4) is 0 Å². The van der Waals surface area contributed by atoms with Crippen LogP contribution in [-0.2, 0) is 4.79 Å². The number of anilines is 1. The van der Waals surface area contributed by atoms with Gasteiger partial charge in [0.15, 0.2) is 0 Å². The van der Waals surface area contributed by atoms with Crippen LogP contribution < -0.4 is 10.7 Å². The highest BCUT2D eigenvalue weighted by Crippen LogP contribution is 2.16. The van der Waals surface area contributed by atoms with Gasteiger partial charge in [-0.2, -0.15) is 5.10 Å². The van der Waals surface area contributed by atoms with Crippen LogP contribution in [0.2, 0.25) is 0 Å². The van der Waals surface area contributed by atoms with Crippen molar-refractivity contribution in [3.05, 3.63) is 29.3 Å². The van der Waals surface area contributed by atoms with E-state index >= 15 is 0 Å². The first-order valence-corrected chi connectivity index (χ1v) is 5.85. The molecule has 0 bridgehead atoms. The molecule has 17 heavy (non-hydrogen) atoms. The fourth-order valence-corrected chi connectivity index (χ4v) is 1.76. The Morgan fingerprint density at radius 3 is 2.94 bits per heavy atom. The number of hydrogen-bond donors (Lipinski definition) is 2. The van der Waals surface area contributed by atoms with E-state index in [0.717, 1.165) is 30.6 Å². The molecule has 4 nitrogen and oxygen atoms in total. The van der Waals surface area contributed by atoms with Crippen LogP contribution in [-0.4, -0.2) is 18.2 Å². The minimum absolute atomic E-state index is 0.0611. The molecule has 1 aliphatic heterocycles. The Balaban J connectivity index is 2.13. The first kappa shape index (κ1) is 11.6. The normalized spacial score (nSPS) is 18.0. The Morgan fingerprint density at radius 2 is 2.18 bits per heavy atom. The standard InChI is InChI=1S/C13H17N3O/c1-9-5-6-10(2)12(8-9)16-15-11-4-3-7-14-13(11)17/h5-6,8,16H,3-4,7H2,1-2H3,(H,14,17)/b15-11-. The third kappa shape index (κ3) is 2.84. The van der Waals surface area contributed by atoms with Crippen LogP contribution in [0.4, 0.5) is 5.69 Å². The largest absolute Gasteiger partial charge is 0.351 e. The van der Waals surface area contributed by atoms with Gasteiger partial charge in [-0.05, 0) is 43.9 Å². The minimum atomic E-state index is -0.0611. The first-order valence-electron chi connectivity index (χ1n) is 5.85. The number of hydrogen-bond acceptors (Lipinski definition) is 3. The van der Waals surface area contributed by atoms with E-state index in [9.17, 15) is 4.79 Å². The summed E-state index contributed by atoms with van der Waals surface area (Å²) in [6, 6.07) is 6.12. The number of nitrogens with zero attached hydrogens (tertiary/aromatic N) is 1. The van der Waals surface area contributed by atoms with Gasteiger partial charge in [0.1, 0.15) is 5.71 Å². The Bertz CT molecular complexity index is 466. The van der Waals surface area contributed by atoms with Crippen molar-refractivity contribution in [2.45, 2.75) is 26.7 Å². The highest BCUT2D eigenvalue weighted by atomic mass is 16.2. The molecule has 4 heteroatoms. The maximum absolute atomic E-state index is 11.5. The minimum Gasteiger partial charge on any atom is -0.351 e. The van der Waals surface area contributed by atoms with E-state index in [1.807, 2.05) is 26.0 Å². The molecule has 0 aliphatic carbocycles. The fraction of sp³-hybridized carbons (Fsp3) is 0.385. The lowest BCUT2D eigenvalue weighted by Crippen LogP contribution is -2.37. The zero-order valence-corrected chi connectivity index (χ0v) is 10.2. The number of carbonyl (C=O) groups excluding carboxylic acids is 1. The molecule has 1 aromatic rings. The van der Waals surface area contributed by atoms with E-state index in [0.29, 0.717) is 5.71 Å². The molecule has 2 rings (SSSR count). The molecule has 0 atom stereocenters. The van der Waals surface area contributed by atoms with Crippen molar-refractivity contribution in [1.82, 2.24) is 5.32 Å². The summed E-state index contributed by atoms with van der Waals surface area (Å²) in [7, 11) is 0. The van der Waals surface area contributed by atoms with Crippen molar-refractivity contribution in [2.24, 2.45) is 5.10 Å². The monoisotopic (exact) mass is 231 g/mol. The van der Waals surface area contributed by atoms with E-state index in [4.69, 9.17) is 0 Å². The molecular formula is C13H17N3O. The number of hydrazone groups is 1. The second-order valence-electron chi connectivity index (χ2n) is 4.35. The Hall–Kier alpha value is -1.84. The van der Waals surface area contributed by atoms with E-state index in [1.54, 1.807) is 0 Å². The Morgan fingerprint density at radius 1 is 1.35 bits per heavy atom. The molecule has 2 N–H and O–H groups in total. The van der Waals surface area contributed by atoms with Gasteiger partial charge in [0.05, 0.1) is 5.69 Å². The number of amides is 1. The predicted molar refractivity (Wildman–Crippen MR) is 69.2 cm³/mol. The maximum atomic E-state index is 11.5. The second-order valence-corrected chi connectivity index (χ2v) is 4.35. The van der Waals surface area contributed by atoms with Gasteiger partial charge in [0.25, 0.3) is 5.91 Å². The topological polar surface area (TPSA) is 53.5 Å².